The minimum absolute atomic E-state index is 0.0211. The van der Waals surface area contributed by atoms with Gasteiger partial charge in [-0.05, 0) is 25.3 Å². The second kappa shape index (κ2) is 25.7. The zero-order valence-corrected chi connectivity index (χ0v) is 38.4. The van der Waals surface area contributed by atoms with Gasteiger partial charge in [0, 0.05) is 30.7 Å². The third kappa shape index (κ3) is 19.2. The molecule has 356 valence electrons. The van der Waals surface area contributed by atoms with Crippen LogP contribution in [0.1, 0.15) is 84.8 Å². The Balaban J connectivity index is 1.38. The summed E-state index contributed by atoms with van der Waals surface area (Å²) < 4.78 is 60.7. The highest BCUT2D eigenvalue weighted by Crippen LogP contribution is 2.56. The molecule has 2 unspecified atom stereocenters. The number of imidazole rings is 1. The first-order valence-electron chi connectivity index (χ1n) is 19.9. The first-order valence-corrected chi connectivity index (χ1v) is 25.2. The lowest BCUT2D eigenvalue weighted by molar-refractivity contribution is -0.347. The molecule has 0 bridgehead atoms. The van der Waals surface area contributed by atoms with E-state index in [0.717, 1.165) is 41.8 Å². The van der Waals surface area contributed by atoms with Crippen molar-refractivity contribution in [1.29, 1.82) is 0 Å². The summed E-state index contributed by atoms with van der Waals surface area (Å²) in [4.78, 5) is 96.4. The first-order chi connectivity index (χ1) is 29.6. The first kappa shape index (κ1) is 54.4. The number of phosphoric acid groups is 3. The summed E-state index contributed by atoms with van der Waals surface area (Å²) >= 11 is 1.03. The van der Waals surface area contributed by atoms with E-state index in [4.69, 9.17) is 10.5 Å². The second-order valence-electron chi connectivity index (χ2n) is 14.8. The molecule has 0 saturated carbocycles. The average Bonchev–Trinajstić information content (AvgIpc) is 3.76. The highest BCUT2D eigenvalue weighted by atomic mass is 32.2. The molecule has 2 aromatic heterocycles. The van der Waals surface area contributed by atoms with Crippen molar-refractivity contribution in [3.63, 3.8) is 0 Å². The van der Waals surface area contributed by atoms with Gasteiger partial charge >= 0.3 is 0 Å². The third-order valence-corrected chi connectivity index (χ3v) is 13.0. The predicted octanol–water partition coefficient (Wildman–Crippen LogP) is 0.390. The number of allylic oxidation sites excluding steroid dienone is 3. The molecular formula is C35H54N7O17P3S-4. The number of aliphatic hydroxyl groups is 2. The number of aromatic nitrogens is 4. The number of rotatable bonds is 29. The fourth-order valence-electron chi connectivity index (χ4n) is 5.81. The zero-order valence-electron chi connectivity index (χ0n) is 34.9. The summed E-state index contributed by atoms with van der Waals surface area (Å²) in [6.45, 7) is 2.27. The van der Waals surface area contributed by atoms with Crippen LogP contribution >= 0.6 is 35.2 Å². The molecule has 1 aliphatic rings. The third-order valence-electron chi connectivity index (χ3n) is 9.14. The number of nitrogens with zero attached hydrogens (tertiary/aromatic N) is 4. The van der Waals surface area contributed by atoms with E-state index < -0.39 is 84.6 Å². The molecule has 0 aromatic carbocycles. The van der Waals surface area contributed by atoms with Crippen LogP contribution in [0.25, 0.3) is 11.2 Å². The van der Waals surface area contributed by atoms with Crippen molar-refractivity contribution in [2.45, 2.75) is 109 Å². The van der Waals surface area contributed by atoms with E-state index >= 15 is 0 Å². The monoisotopic (exact) mass is 969 g/mol. The van der Waals surface area contributed by atoms with Crippen molar-refractivity contribution in [3.8, 4) is 0 Å². The number of carbonyl (C=O) groups is 3. The molecule has 6 N–H and O–H groups in total. The van der Waals surface area contributed by atoms with Crippen molar-refractivity contribution >= 4 is 69.1 Å². The van der Waals surface area contributed by atoms with Crippen LogP contribution in [0.15, 0.2) is 37.0 Å². The fourth-order valence-corrected chi connectivity index (χ4v) is 9.14. The highest BCUT2D eigenvalue weighted by molar-refractivity contribution is 8.14. The number of fused-ring (bicyclic) bond motifs is 1. The number of nitrogens with one attached hydrogen (secondary N) is 2. The molecule has 28 heteroatoms. The molecule has 7 atom stereocenters. The Morgan fingerprint density at radius 1 is 1.00 bits per heavy atom. The number of ether oxygens (including phenoxy) is 1. The minimum atomic E-state index is -5.92. The molecule has 1 saturated heterocycles. The molecule has 0 aliphatic carbocycles. The van der Waals surface area contributed by atoms with Gasteiger partial charge < -0.3 is 69.0 Å². The summed E-state index contributed by atoms with van der Waals surface area (Å²) in [7, 11) is -17.6. The molecular weight excluding hydrogens is 915 g/mol. The standard InChI is InChI=1S/C35H58N7O17P3S/c1-4-5-6-7-8-9-10-11-12-13-14-15-26(44)63-19-18-37-25(43)16-17-38-33(47)30(46)35(2,3)21-56-62(53,54)59-61(51,52)55-20-24-29(58-60(48,49)50)28(45)34(57-24)42-23-41-27-31(36)39-22-40-32(27)42/h11-12,14-15,22-24,28-30,34,45-46H,4-10,13,16-21H2,1-3H3,(H,37,43)(H,38,47)(H,51,52)(H,53,54)(H2,36,39,40)(H2,48,49,50)/p-4/b12-11-,15-14+/t24-,28-,29-,30+,34-/m1/s1. The van der Waals surface area contributed by atoms with Gasteiger partial charge in [0.2, 0.25) is 16.9 Å². The Hall–Kier alpha value is -2.96. The van der Waals surface area contributed by atoms with Gasteiger partial charge in [-0.1, -0.05) is 82.9 Å². The van der Waals surface area contributed by atoms with Gasteiger partial charge in [-0.2, -0.15) is 0 Å². The number of thioether (sulfide) groups is 1. The Bertz CT molecular complexity index is 2020. The number of hydrogen-bond donors (Lipinski definition) is 5. The lowest BCUT2D eigenvalue weighted by Gasteiger charge is -2.36. The number of nitrogen functional groups attached to an aromatic ring is 1. The molecule has 2 aromatic rings. The van der Waals surface area contributed by atoms with E-state index in [1.807, 2.05) is 6.08 Å². The normalized spacial score (nSPS) is 20.8. The van der Waals surface area contributed by atoms with Crippen molar-refractivity contribution < 1.29 is 80.5 Å². The maximum atomic E-state index is 12.6. The van der Waals surface area contributed by atoms with Gasteiger partial charge in [-0.3, -0.25) is 28.1 Å². The Kier molecular flexibility index (Phi) is 22.1. The fraction of sp³-hybridized carbons (Fsp3) is 0.657. The SMILES string of the molecule is CCCCCCCC/C=C\C/C=C/C(=O)SCCNC(=O)CCNC(=O)[C@H](O)C(C)(C)COP(=O)([O-])OP(=O)([O-])OC[C@H]1O[C@@H](n2cnc3c(N)ncnc32)[C@H](O)[C@@H]1OP(=O)([O-])[O-]. The molecule has 1 fully saturated rings. The van der Waals surface area contributed by atoms with Gasteiger partial charge in [0.25, 0.3) is 15.6 Å². The number of nitrogens with two attached hydrogens (primary N) is 1. The number of unbranched alkanes of at least 4 members (excludes halogenated alkanes) is 6. The predicted molar refractivity (Wildman–Crippen MR) is 219 cm³/mol. The Morgan fingerprint density at radius 2 is 1.70 bits per heavy atom. The molecule has 3 heterocycles. The summed E-state index contributed by atoms with van der Waals surface area (Å²) in [5.74, 6) is -1.24. The highest BCUT2D eigenvalue weighted by Gasteiger charge is 2.47. The Morgan fingerprint density at radius 3 is 2.41 bits per heavy atom. The Labute approximate surface area is 368 Å². The van der Waals surface area contributed by atoms with Crippen LogP contribution in [-0.2, 0) is 50.7 Å². The van der Waals surface area contributed by atoms with E-state index in [1.165, 1.54) is 52.0 Å². The van der Waals surface area contributed by atoms with Gasteiger partial charge in [0.1, 0.15) is 36.3 Å². The van der Waals surface area contributed by atoms with Gasteiger partial charge in [-0.15, -0.1) is 0 Å². The second-order valence-corrected chi connectivity index (χ2v) is 20.0. The minimum Gasteiger partial charge on any atom is -0.790 e. The molecule has 1 aliphatic heterocycles. The number of amides is 2. The number of carbonyl (C=O) groups excluding carboxylic acids is 3. The van der Waals surface area contributed by atoms with E-state index in [0.29, 0.717) is 12.2 Å². The molecule has 24 nitrogen and oxygen atoms in total. The van der Waals surface area contributed by atoms with Crippen molar-refractivity contribution in [1.82, 2.24) is 30.2 Å². The lowest BCUT2D eigenvalue weighted by Crippen LogP contribution is -2.46. The van der Waals surface area contributed by atoms with Gasteiger partial charge in [0.15, 0.2) is 17.7 Å². The van der Waals surface area contributed by atoms with Gasteiger partial charge in [0.05, 0.1) is 27.4 Å². The van der Waals surface area contributed by atoms with E-state index in [9.17, 15) is 57.9 Å². The number of hydrogen-bond acceptors (Lipinski definition) is 22. The largest absolute Gasteiger partial charge is 0.790 e. The van der Waals surface area contributed by atoms with Crippen LogP contribution in [-0.4, -0.2) is 103 Å². The maximum Gasteiger partial charge on any atom is 0.274 e. The smallest absolute Gasteiger partial charge is 0.274 e. The van der Waals surface area contributed by atoms with E-state index in [2.05, 4.69) is 56.5 Å². The van der Waals surface area contributed by atoms with E-state index in [-0.39, 0.29) is 41.6 Å². The molecule has 2 amide bonds. The zero-order chi connectivity index (χ0) is 46.8. The van der Waals surface area contributed by atoms with Crippen LogP contribution in [0.5, 0.6) is 0 Å². The average molecular weight is 970 g/mol. The van der Waals surface area contributed by atoms with Gasteiger partial charge in [-0.25, -0.2) is 19.3 Å². The van der Waals surface area contributed by atoms with Crippen molar-refractivity contribution in [2.24, 2.45) is 5.41 Å². The molecule has 3 rings (SSSR count). The van der Waals surface area contributed by atoms with Crippen LogP contribution < -0.4 is 35.9 Å². The molecule has 0 radical (unpaired) electrons. The lowest BCUT2D eigenvalue weighted by atomic mass is 9.87. The topological polar surface area (TPSA) is 375 Å². The molecule has 63 heavy (non-hydrogen) atoms. The van der Waals surface area contributed by atoms with Crippen molar-refractivity contribution in [3.05, 3.63) is 37.0 Å². The summed E-state index contributed by atoms with van der Waals surface area (Å²) in [6.07, 6.45) is 8.85. The van der Waals surface area contributed by atoms with Crippen LogP contribution in [0.3, 0.4) is 0 Å². The summed E-state index contributed by atoms with van der Waals surface area (Å²) in [5, 5.41) is 26.2. The van der Waals surface area contributed by atoms with Crippen molar-refractivity contribution in [2.75, 3.05) is 37.8 Å². The van der Waals surface area contributed by atoms with Crippen LogP contribution in [0, 0.1) is 5.41 Å². The maximum absolute atomic E-state index is 12.6. The molecule has 0 spiro atoms. The summed E-state index contributed by atoms with van der Waals surface area (Å²) in [6, 6.07) is 0. The van der Waals surface area contributed by atoms with Crippen LogP contribution in [0.2, 0.25) is 0 Å². The van der Waals surface area contributed by atoms with E-state index in [1.54, 1.807) is 6.08 Å². The summed E-state index contributed by atoms with van der Waals surface area (Å²) in [5.41, 5.74) is 4.07. The van der Waals surface area contributed by atoms with Crippen LogP contribution in [0.4, 0.5) is 5.82 Å². The number of aliphatic hydroxyl groups excluding tert-OH is 2. The number of anilines is 1. The quantitative estimate of drug-likeness (QED) is 0.0318. The number of phosphoric ester groups is 3.